The monoisotopic (exact) mass is 440 g/mol. The molecule has 26 heavy (non-hydrogen) atoms. The molecule has 0 bridgehead atoms. The standard InChI is InChI=1S/C18H18BrClN2O4/c1-3-25-13-5-7-14(8-6-13)26-11(2)17(23)21-22-18(24)15-9-4-12(19)10-16(15)20/h4-11H,3H2,1-2H3,(H,21,23)(H,22,24). The molecule has 0 aliphatic heterocycles. The maximum absolute atomic E-state index is 12.1. The minimum Gasteiger partial charge on any atom is -0.494 e. The van der Waals surface area contributed by atoms with Crippen LogP contribution in [0.5, 0.6) is 11.5 Å². The number of benzene rings is 2. The highest BCUT2D eigenvalue weighted by Gasteiger charge is 2.17. The van der Waals surface area contributed by atoms with Crippen molar-refractivity contribution >= 4 is 39.3 Å². The fraction of sp³-hybridized carbons (Fsp3) is 0.222. The summed E-state index contributed by atoms with van der Waals surface area (Å²) < 4.78 is 11.6. The molecule has 138 valence electrons. The van der Waals surface area contributed by atoms with E-state index in [9.17, 15) is 9.59 Å². The number of hydrazine groups is 1. The highest BCUT2D eigenvalue weighted by atomic mass is 79.9. The van der Waals surface area contributed by atoms with E-state index in [1.54, 1.807) is 49.4 Å². The number of carbonyl (C=O) groups excluding carboxylic acids is 2. The molecule has 0 heterocycles. The van der Waals surface area contributed by atoms with E-state index in [0.717, 1.165) is 10.2 Å². The Balaban J connectivity index is 1.87. The molecular weight excluding hydrogens is 424 g/mol. The Kier molecular flexibility index (Phi) is 7.29. The fourth-order valence-corrected chi connectivity index (χ4v) is 2.76. The van der Waals surface area contributed by atoms with Gasteiger partial charge in [-0.1, -0.05) is 27.5 Å². The molecule has 0 saturated heterocycles. The first kappa shape index (κ1) is 20.1. The van der Waals surface area contributed by atoms with Crippen LogP contribution < -0.4 is 20.3 Å². The van der Waals surface area contributed by atoms with E-state index in [1.165, 1.54) is 0 Å². The lowest BCUT2D eigenvalue weighted by Gasteiger charge is -2.15. The lowest BCUT2D eigenvalue weighted by molar-refractivity contribution is -0.128. The molecule has 0 radical (unpaired) electrons. The molecule has 8 heteroatoms. The maximum atomic E-state index is 12.1. The zero-order valence-corrected chi connectivity index (χ0v) is 16.6. The lowest BCUT2D eigenvalue weighted by Crippen LogP contribution is -2.47. The molecule has 2 aromatic carbocycles. The third-order valence-corrected chi connectivity index (χ3v) is 4.10. The van der Waals surface area contributed by atoms with Gasteiger partial charge in [-0.2, -0.15) is 0 Å². The second-order valence-corrected chi connectivity index (χ2v) is 6.55. The summed E-state index contributed by atoms with van der Waals surface area (Å²) in [6.07, 6.45) is -0.811. The Morgan fingerprint density at radius 1 is 1.12 bits per heavy atom. The van der Waals surface area contributed by atoms with E-state index in [0.29, 0.717) is 12.4 Å². The van der Waals surface area contributed by atoms with Crippen LogP contribution in [0.2, 0.25) is 5.02 Å². The topological polar surface area (TPSA) is 76.7 Å². The first-order chi connectivity index (χ1) is 12.4. The summed E-state index contributed by atoms with van der Waals surface area (Å²) in [7, 11) is 0. The van der Waals surface area contributed by atoms with Gasteiger partial charge in [-0.25, -0.2) is 0 Å². The minimum atomic E-state index is -0.811. The smallest absolute Gasteiger partial charge is 0.279 e. The summed E-state index contributed by atoms with van der Waals surface area (Å²) in [4.78, 5) is 24.2. The molecule has 1 atom stereocenters. The molecule has 2 aromatic rings. The van der Waals surface area contributed by atoms with Crippen molar-refractivity contribution in [1.82, 2.24) is 10.9 Å². The average Bonchev–Trinajstić information content (AvgIpc) is 2.61. The van der Waals surface area contributed by atoms with Crippen LogP contribution in [0.3, 0.4) is 0 Å². The Hall–Kier alpha value is -2.25. The number of carbonyl (C=O) groups is 2. The molecule has 0 aromatic heterocycles. The van der Waals surface area contributed by atoms with Crippen LogP contribution in [0.1, 0.15) is 24.2 Å². The molecule has 0 spiro atoms. The summed E-state index contributed by atoms with van der Waals surface area (Å²) in [6, 6.07) is 11.7. The van der Waals surface area contributed by atoms with Crippen LogP contribution in [-0.4, -0.2) is 24.5 Å². The van der Waals surface area contributed by atoms with Gasteiger partial charge in [0.25, 0.3) is 11.8 Å². The highest BCUT2D eigenvalue weighted by Crippen LogP contribution is 2.21. The van der Waals surface area contributed by atoms with E-state index in [4.69, 9.17) is 21.1 Å². The van der Waals surface area contributed by atoms with Gasteiger partial charge in [-0.15, -0.1) is 0 Å². The van der Waals surface area contributed by atoms with E-state index < -0.39 is 17.9 Å². The van der Waals surface area contributed by atoms with Crippen molar-refractivity contribution in [2.75, 3.05) is 6.61 Å². The second-order valence-electron chi connectivity index (χ2n) is 5.23. The molecule has 6 nitrogen and oxygen atoms in total. The van der Waals surface area contributed by atoms with Crippen molar-refractivity contribution in [3.63, 3.8) is 0 Å². The van der Waals surface area contributed by atoms with E-state index >= 15 is 0 Å². The fourth-order valence-electron chi connectivity index (χ4n) is 2.00. The molecule has 0 saturated carbocycles. The molecular formula is C18H18BrClN2O4. The molecule has 2 N–H and O–H groups in total. The Morgan fingerprint density at radius 3 is 2.38 bits per heavy atom. The Bertz CT molecular complexity index is 783. The third kappa shape index (κ3) is 5.64. The summed E-state index contributed by atoms with van der Waals surface area (Å²) in [5.41, 5.74) is 4.87. The van der Waals surface area contributed by atoms with Gasteiger partial charge in [0.15, 0.2) is 6.10 Å². The predicted octanol–water partition coefficient (Wildman–Crippen LogP) is 3.73. The van der Waals surface area contributed by atoms with Crippen LogP contribution in [0.4, 0.5) is 0 Å². The van der Waals surface area contributed by atoms with Crippen molar-refractivity contribution in [1.29, 1.82) is 0 Å². The van der Waals surface area contributed by atoms with Gasteiger partial charge in [0.05, 0.1) is 17.2 Å². The first-order valence-electron chi connectivity index (χ1n) is 7.85. The molecule has 0 aliphatic carbocycles. The number of hydrogen-bond donors (Lipinski definition) is 2. The van der Waals surface area contributed by atoms with E-state index in [2.05, 4.69) is 26.8 Å². The SMILES string of the molecule is CCOc1ccc(OC(C)C(=O)NNC(=O)c2ccc(Br)cc2Cl)cc1. The average molecular weight is 442 g/mol. The van der Waals surface area contributed by atoms with Gasteiger partial charge in [0.2, 0.25) is 0 Å². The van der Waals surface area contributed by atoms with Gasteiger partial charge in [-0.05, 0) is 56.3 Å². The van der Waals surface area contributed by atoms with Gasteiger partial charge in [0, 0.05) is 4.47 Å². The van der Waals surface area contributed by atoms with Crippen molar-refractivity contribution in [3.05, 3.63) is 57.5 Å². The molecule has 2 amide bonds. The van der Waals surface area contributed by atoms with Crippen molar-refractivity contribution in [3.8, 4) is 11.5 Å². The number of nitrogens with one attached hydrogen (secondary N) is 2. The van der Waals surface area contributed by atoms with E-state index in [-0.39, 0.29) is 10.6 Å². The second kappa shape index (κ2) is 9.45. The molecule has 0 fully saturated rings. The van der Waals surface area contributed by atoms with Crippen molar-refractivity contribution in [2.24, 2.45) is 0 Å². The minimum absolute atomic E-state index is 0.246. The summed E-state index contributed by atoms with van der Waals surface area (Å²) in [6.45, 7) is 4.04. The van der Waals surface area contributed by atoms with Crippen LogP contribution >= 0.6 is 27.5 Å². The van der Waals surface area contributed by atoms with Gasteiger partial charge < -0.3 is 9.47 Å². The van der Waals surface area contributed by atoms with Crippen LogP contribution in [0.15, 0.2) is 46.9 Å². The third-order valence-electron chi connectivity index (χ3n) is 3.29. The Labute approximate surface area is 164 Å². The zero-order valence-electron chi connectivity index (χ0n) is 14.2. The largest absolute Gasteiger partial charge is 0.494 e. The number of ether oxygens (including phenoxy) is 2. The van der Waals surface area contributed by atoms with Crippen LogP contribution in [-0.2, 0) is 4.79 Å². The van der Waals surface area contributed by atoms with Crippen LogP contribution in [0, 0.1) is 0 Å². The first-order valence-corrected chi connectivity index (χ1v) is 9.02. The summed E-state index contributed by atoms with van der Waals surface area (Å²) in [5, 5.41) is 0.268. The molecule has 2 rings (SSSR count). The predicted molar refractivity (Wildman–Crippen MR) is 102 cm³/mol. The number of halogens is 2. The number of amides is 2. The maximum Gasteiger partial charge on any atom is 0.279 e. The van der Waals surface area contributed by atoms with E-state index in [1.807, 2.05) is 6.92 Å². The zero-order chi connectivity index (χ0) is 19.1. The number of hydrogen-bond acceptors (Lipinski definition) is 4. The lowest BCUT2D eigenvalue weighted by atomic mass is 10.2. The van der Waals surface area contributed by atoms with Gasteiger partial charge in [0.1, 0.15) is 11.5 Å². The summed E-state index contributed by atoms with van der Waals surface area (Å²) in [5.74, 6) is 0.207. The van der Waals surface area contributed by atoms with Crippen molar-refractivity contribution < 1.29 is 19.1 Å². The highest BCUT2D eigenvalue weighted by molar-refractivity contribution is 9.10. The number of rotatable bonds is 6. The van der Waals surface area contributed by atoms with Gasteiger partial charge >= 0.3 is 0 Å². The summed E-state index contributed by atoms with van der Waals surface area (Å²) >= 11 is 9.27. The van der Waals surface area contributed by atoms with Crippen molar-refractivity contribution in [2.45, 2.75) is 20.0 Å². The Morgan fingerprint density at radius 2 is 1.77 bits per heavy atom. The van der Waals surface area contributed by atoms with Crippen LogP contribution in [0.25, 0.3) is 0 Å². The quantitative estimate of drug-likeness (QED) is 0.670. The normalized spacial score (nSPS) is 11.4. The molecule has 1 unspecified atom stereocenters. The molecule has 0 aliphatic rings. The van der Waals surface area contributed by atoms with Gasteiger partial charge in [-0.3, -0.25) is 20.4 Å².